The van der Waals surface area contributed by atoms with Gasteiger partial charge in [-0.15, -0.1) is 0 Å². The van der Waals surface area contributed by atoms with Crippen LogP contribution >= 0.6 is 0 Å². The summed E-state index contributed by atoms with van der Waals surface area (Å²) in [6.45, 7) is 2.04. The number of unbranched alkanes of at least 4 members (excludes halogenated alkanes) is 1. The number of nitrogens with two attached hydrogens (primary N) is 1. The molecule has 1 aliphatic heterocycles. The Bertz CT molecular complexity index is 689. The molecule has 1 saturated carbocycles. The van der Waals surface area contributed by atoms with Crippen LogP contribution in [0, 0.1) is 0 Å². The number of aromatic nitrogens is 2. The fraction of sp³-hybridized carbons (Fsp3) is 0.611. The Hall–Kier alpha value is -1.75. The molecule has 0 radical (unpaired) electrons. The minimum absolute atomic E-state index is 0.310. The molecular formula is C18H25N3O2. The van der Waals surface area contributed by atoms with Crippen molar-refractivity contribution in [3.8, 4) is 11.5 Å². The van der Waals surface area contributed by atoms with E-state index in [2.05, 4.69) is 10.6 Å². The third kappa shape index (κ3) is 2.78. The second-order valence-electron chi connectivity index (χ2n) is 6.65. The van der Waals surface area contributed by atoms with E-state index in [1.807, 2.05) is 6.07 Å². The van der Waals surface area contributed by atoms with E-state index >= 15 is 0 Å². The maximum absolute atomic E-state index is 5.67. The second kappa shape index (κ2) is 6.40. The molecule has 0 atom stereocenters. The number of ether oxygens (including phenoxy) is 2. The lowest BCUT2D eigenvalue weighted by Crippen LogP contribution is -2.13. The summed E-state index contributed by atoms with van der Waals surface area (Å²) in [5.74, 6) is 3.50. The summed E-state index contributed by atoms with van der Waals surface area (Å²) in [6, 6.07) is 4.13. The summed E-state index contributed by atoms with van der Waals surface area (Å²) in [6.07, 6.45) is 8.66. The lowest BCUT2D eigenvalue weighted by atomic mass is 9.88. The Morgan fingerprint density at radius 3 is 2.65 bits per heavy atom. The van der Waals surface area contributed by atoms with Crippen molar-refractivity contribution in [1.82, 2.24) is 9.55 Å². The highest BCUT2D eigenvalue weighted by atomic mass is 16.7. The Morgan fingerprint density at radius 2 is 1.87 bits per heavy atom. The van der Waals surface area contributed by atoms with Crippen LogP contribution in [-0.2, 0) is 6.54 Å². The van der Waals surface area contributed by atoms with Crippen molar-refractivity contribution in [2.45, 2.75) is 57.4 Å². The van der Waals surface area contributed by atoms with Gasteiger partial charge in [0.05, 0.1) is 11.0 Å². The van der Waals surface area contributed by atoms with Gasteiger partial charge < -0.3 is 19.8 Å². The van der Waals surface area contributed by atoms with E-state index in [0.29, 0.717) is 12.7 Å². The molecule has 23 heavy (non-hydrogen) atoms. The first-order valence-corrected chi connectivity index (χ1v) is 8.86. The fourth-order valence-electron chi connectivity index (χ4n) is 3.86. The molecule has 0 amide bonds. The molecule has 5 nitrogen and oxygen atoms in total. The van der Waals surface area contributed by atoms with E-state index in [4.69, 9.17) is 20.2 Å². The zero-order chi connectivity index (χ0) is 15.6. The van der Waals surface area contributed by atoms with Crippen LogP contribution in [0.25, 0.3) is 11.0 Å². The van der Waals surface area contributed by atoms with Crippen LogP contribution in [0.3, 0.4) is 0 Å². The summed E-state index contributed by atoms with van der Waals surface area (Å²) in [5.41, 5.74) is 7.88. The molecule has 2 aromatic rings. The first kappa shape index (κ1) is 14.8. The SMILES string of the molecule is NCCCCn1c(C2CCCCC2)nc2cc3c(cc21)OCO3. The van der Waals surface area contributed by atoms with E-state index in [9.17, 15) is 0 Å². The van der Waals surface area contributed by atoms with Gasteiger partial charge in [0, 0.05) is 24.6 Å². The molecule has 124 valence electrons. The van der Waals surface area contributed by atoms with Crippen molar-refractivity contribution in [2.75, 3.05) is 13.3 Å². The van der Waals surface area contributed by atoms with Crippen LogP contribution in [0.5, 0.6) is 11.5 Å². The minimum Gasteiger partial charge on any atom is -0.454 e. The van der Waals surface area contributed by atoms with Crippen LogP contribution in [0.1, 0.15) is 56.7 Å². The van der Waals surface area contributed by atoms with Gasteiger partial charge in [0.1, 0.15) is 5.82 Å². The normalized spacial score (nSPS) is 18.0. The van der Waals surface area contributed by atoms with Gasteiger partial charge in [-0.2, -0.15) is 0 Å². The quantitative estimate of drug-likeness (QED) is 0.857. The average Bonchev–Trinajstić information content (AvgIpc) is 3.18. The van der Waals surface area contributed by atoms with Crippen LogP contribution in [0.15, 0.2) is 12.1 Å². The number of benzene rings is 1. The van der Waals surface area contributed by atoms with Gasteiger partial charge in [-0.3, -0.25) is 0 Å². The maximum Gasteiger partial charge on any atom is 0.231 e. The molecule has 0 saturated heterocycles. The summed E-state index contributed by atoms with van der Waals surface area (Å²) in [7, 11) is 0. The minimum atomic E-state index is 0.310. The molecule has 1 aliphatic carbocycles. The summed E-state index contributed by atoms with van der Waals surface area (Å²) in [5, 5.41) is 0. The van der Waals surface area contributed by atoms with E-state index in [0.717, 1.165) is 42.9 Å². The molecular weight excluding hydrogens is 290 g/mol. The molecule has 0 unspecified atom stereocenters. The van der Waals surface area contributed by atoms with Gasteiger partial charge in [0.15, 0.2) is 11.5 Å². The monoisotopic (exact) mass is 315 g/mol. The van der Waals surface area contributed by atoms with Crippen LogP contribution in [0.4, 0.5) is 0 Å². The summed E-state index contributed by atoms with van der Waals surface area (Å²) < 4.78 is 13.5. The Balaban J connectivity index is 1.75. The number of imidazole rings is 1. The van der Waals surface area contributed by atoms with Crippen molar-refractivity contribution in [1.29, 1.82) is 0 Å². The number of hydrogen-bond donors (Lipinski definition) is 1. The first-order chi connectivity index (χ1) is 11.4. The largest absolute Gasteiger partial charge is 0.454 e. The Kier molecular flexibility index (Phi) is 4.12. The standard InChI is InChI=1S/C18H25N3O2/c19-8-4-5-9-21-15-11-17-16(22-12-23-17)10-14(15)20-18(21)13-6-2-1-3-7-13/h10-11,13H,1-9,12,19H2. The Morgan fingerprint density at radius 1 is 1.09 bits per heavy atom. The molecule has 2 aliphatic rings. The predicted molar refractivity (Wildman–Crippen MR) is 90.0 cm³/mol. The number of hydrogen-bond acceptors (Lipinski definition) is 4. The van der Waals surface area contributed by atoms with Crippen LogP contribution in [0.2, 0.25) is 0 Å². The van der Waals surface area contributed by atoms with Gasteiger partial charge in [-0.05, 0) is 32.2 Å². The molecule has 1 aromatic carbocycles. The van der Waals surface area contributed by atoms with Crippen LogP contribution in [-0.4, -0.2) is 22.9 Å². The number of fused-ring (bicyclic) bond motifs is 2. The van der Waals surface area contributed by atoms with Crippen molar-refractivity contribution >= 4 is 11.0 Å². The fourth-order valence-corrected chi connectivity index (χ4v) is 3.86. The molecule has 2 N–H and O–H groups in total. The molecule has 0 bridgehead atoms. The molecule has 1 fully saturated rings. The predicted octanol–water partition coefficient (Wildman–Crippen LogP) is 3.55. The molecule has 4 rings (SSSR count). The molecule has 0 spiro atoms. The van der Waals surface area contributed by atoms with Gasteiger partial charge in [0.2, 0.25) is 6.79 Å². The second-order valence-corrected chi connectivity index (χ2v) is 6.65. The smallest absolute Gasteiger partial charge is 0.231 e. The number of rotatable bonds is 5. The summed E-state index contributed by atoms with van der Waals surface area (Å²) >= 11 is 0. The summed E-state index contributed by atoms with van der Waals surface area (Å²) in [4.78, 5) is 4.99. The van der Waals surface area contributed by atoms with E-state index in [-0.39, 0.29) is 0 Å². The van der Waals surface area contributed by atoms with Crippen molar-refractivity contribution < 1.29 is 9.47 Å². The highest BCUT2D eigenvalue weighted by Gasteiger charge is 2.24. The van der Waals surface area contributed by atoms with Crippen molar-refractivity contribution in [3.63, 3.8) is 0 Å². The van der Waals surface area contributed by atoms with Gasteiger partial charge in [-0.25, -0.2) is 4.98 Å². The van der Waals surface area contributed by atoms with E-state index in [1.54, 1.807) is 0 Å². The third-order valence-electron chi connectivity index (χ3n) is 5.08. The highest BCUT2D eigenvalue weighted by Crippen LogP contribution is 2.39. The van der Waals surface area contributed by atoms with Gasteiger partial charge in [-0.1, -0.05) is 19.3 Å². The number of nitrogens with zero attached hydrogens (tertiary/aromatic N) is 2. The van der Waals surface area contributed by atoms with Gasteiger partial charge >= 0.3 is 0 Å². The topological polar surface area (TPSA) is 62.3 Å². The first-order valence-electron chi connectivity index (χ1n) is 8.86. The lowest BCUT2D eigenvalue weighted by molar-refractivity contribution is 0.174. The maximum atomic E-state index is 5.67. The van der Waals surface area contributed by atoms with Crippen LogP contribution < -0.4 is 15.2 Å². The molecule has 1 aromatic heterocycles. The third-order valence-corrected chi connectivity index (χ3v) is 5.08. The van der Waals surface area contributed by atoms with E-state index in [1.165, 1.54) is 43.4 Å². The lowest BCUT2D eigenvalue weighted by Gasteiger charge is -2.22. The van der Waals surface area contributed by atoms with Gasteiger partial charge in [0.25, 0.3) is 0 Å². The van der Waals surface area contributed by atoms with E-state index < -0.39 is 0 Å². The molecule has 2 heterocycles. The zero-order valence-electron chi connectivity index (χ0n) is 13.6. The molecule has 5 heteroatoms. The van der Waals surface area contributed by atoms with Crippen molar-refractivity contribution in [3.05, 3.63) is 18.0 Å². The highest BCUT2D eigenvalue weighted by molar-refractivity contribution is 5.81. The number of aryl methyl sites for hydroxylation is 1. The Labute approximate surface area is 136 Å². The van der Waals surface area contributed by atoms with Crippen molar-refractivity contribution in [2.24, 2.45) is 5.73 Å². The zero-order valence-corrected chi connectivity index (χ0v) is 13.6. The average molecular weight is 315 g/mol.